The monoisotopic (exact) mass is 213 g/mol. The summed E-state index contributed by atoms with van der Waals surface area (Å²) < 4.78 is 0. The topological polar surface area (TPSA) is 12.4 Å². The van der Waals surface area contributed by atoms with E-state index < -0.39 is 0 Å². The van der Waals surface area contributed by atoms with Crippen LogP contribution >= 0.6 is 0 Å². The molecule has 0 unspecified atom stereocenters. The molecule has 1 aliphatic rings. The van der Waals surface area contributed by atoms with Gasteiger partial charge in [-0.2, -0.15) is 0 Å². The lowest BCUT2D eigenvalue weighted by molar-refractivity contribution is 0.946. The summed E-state index contributed by atoms with van der Waals surface area (Å²) in [4.78, 5) is 4.40. The molecule has 0 bridgehead atoms. The van der Waals surface area contributed by atoms with E-state index in [4.69, 9.17) is 0 Å². The predicted octanol–water partition coefficient (Wildman–Crippen LogP) is 3.86. The van der Waals surface area contributed by atoms with Gasteiger partial charge in [0, 0.05) is 12.8 Å². The van der Waals surface area contributed by atoms with Gasteiger partial charge in [-0.1, -0.05) is 17.7 Å². The van der Waals surface area contributed by atoms with Gasteiger partial charge in [0.05, 0.1) is 0 Å². The number of allylic oxidation sites excluding steroid dienone is 1. The number of rotatable bonds is 1. The fourth-order valence-electron chi connectivity index (χ4n) is 2.18. The van der Waals surface area contributed by atoms with Crippen LogP contribution in [-0.4, -0.2) is 12.8 Å². The first-order valence-electron chi connectivity index (χ1n) is 5.88. The lowest BCUT2D eigenvalue weighted by Crippen LogP contribution is -2.02. The summed E-state index contributed by atoms with van der Waals surface area (Å²) in [5, 5.41) is 0. The van der Waals surface area contributed by atoms with Crippen LogP contribution in [0.1, 0.15) is 35.6 Å². The molecule has 0 amide bonds. The zero-order valence-corrected chi connectivity index (χ0v) is 10.6. The standard InChI is InChI=1S/C15H19N/c1-10-5-6-14(13(4)12(10)3)15-9-16-8-7-11(15)2/h5-6,9H,7-8H2,1-4H3. The number of benzene rings is 1. The number of hydrogen-bond acceptors (Lipinski definition) is 1. The highest BCUT2D eigenvalue weighted by Crippen LogP contribution is 2.27. The molecule has 0 atom stereocenters. The summed E-state index contributed by atoms with van der Waals surface area (Å²) in [6, 6.07) is 4.44. The third-order valence-corrected chi connectivity index (χ3v) is 3.64. The molecule has 1 heterocycles. The van der Waals surface area contributed by atoms with Crippen molar-refractivity contribution in [3.05, 3.63) is 40.0 Å². The minimum atomic E-state index is 0.944. The zero-order valence-electron chi connectivity index (χ0n) is 10.6. The average molecular weight is 213 g/mol. The second kappa shape index (κ2) is 4.25. The van der Waals surface area contributed by atoms with Gasteiger partial charge >= 0.3 is 0 Å². The van der Waals surface area contributed by atoms with E-state index in [1.165, 1.54) is 33.4 Å². The fourth-order valence-corrected chi connectivity index (χ4v) is 2.18. The predicted molar refractivity (Wildman–Crippen MR) is 71.2 cm³/mol. The van der Waals surface area contributed by atoms with Gasteiger partial charge in [-0.15, -0.1) is 0 Å². The van der Waals surface area contributed by atoms with E-state index in [2.05, 4.69) is 44.8 Å². The molecule has 0 N–H and O–H groups in total. The summed E-state index contributed by atoms with van der Waals surface area (Å²) in [5.74, 6) is 0. The highest BCUT2D eigenvalue weighted by molar-refractivity contribution is 6.12. The second-order valence-electron chi connectivity index (χ2n) is 4.66. The molecule has 0 fully saturated rings. The van der Waals surface area contributed by atoms with Gasteiger partial charge in [-0.25, -0.2) is 0 Å². The molecule has 1 nitrogen and oxygen atoms in total. The van der Waals surface area contributed by atoms with Crippen LogP contribution < -0.4 is 0 Å². The third kappa shape index (κ3) is 1.82. The molecule has 16 heavy (non-hydrogen) atoms. The minimum Gasteiger partial charge on any atom is -0.292 e. The summed E-state index contributed by atoms with van der Waals surface area (Å²) in [6.07, 6.45) is 3.13. The van der Waals surface area contributed by atoms with E-state index in [0.29, 0.717) is 0 Å². The first kappa shape index (κ1) is 11.1. The Labute approximate surface area is 97.9 Å². The highest BCUT2D eigenvalue weighted by atomic mass is 14.7. The van der Waals surface area contributed by atoms with Crippen molar-refractivity contribution >= 4 is 11.8 Å². The molecule has 0 radical (unpaired) electrons. The molecule has 0 spiro atoms. The van der Waals surface area contributed by atoms with Crippen LogP contribution in [0.15, 0.2) is 22.7 Å². The first-order valence-corrected chi connectivity index (χ1v) is 5.88. The average Bonchev–Trinajstić information content (AvgIpc) is 2.28. The van der Waals surface area contributed by atoms with Crippen LogP contribution in [0.5, 0.6) is 0 Å². The van der Waals surface area contributed by atoms with Gasteiger partial charge in [0.15, 0.2) is 0 Å². The third-order valence-electron chi connectivity index (χ3n) is 3.64. The highest BCUT2D eigenvalue weighted by Gasteiger charge is 2.11. The number of aliphatic imine (C=N–C) groups is 1. The van der Waals surface area contributed by atoms with Gasteiger partial charge in [-0.05, 0) is 61.9 Å². The Kier molecular flexibility index (Phi) is 2.95. The maximum absolute atomic E-state index is 4.40. The van der Waals surface area contributed by atoms with Crippen LogP contribution in [0, 0.1) is 20.8 Å². The van der Waals surface area contributed by atoms with Crippen LogP contribution in [-0.2, 0) is 0 Å². The first-order chi connectivity index (χ1) is 7.61. The molecule has 1 aromatic carbocycles. The number of hydrogen-bond donors (Lipinski definition) is 0. The van der Waals surface area contributed by atoms with E-state index in [-0.39, 0.29) is 0 Å². The van der Waals surface area contributed by atoms with Crippen molar-refractivity contribution in [1.82, 2.24) is 0 Å². The molecule has 1 aliphatic heterocycles. The van der Waals surface area contributed by atoms with Crippen LogP contribution in [0.2, 0.25) is 0 Å². The lowest BCUT2D eigenvalue weighted by Gasteiger charge is -2.16. The van der Waals surface area contributed by atoms with Crippen molar-refractivity contribution in [3.8, 4) is 0 Å². The van der Waals surface area contributed by atoms with Gasteiger partial charge < -0.3 is 0 Å². The SMILES string of the molecule is CC1=C(c2ccc(C)c(C)c2C)C=NCC1. The smallest absolute Gasteiger partial charge is 0.0426 e. The lowest BCUT2D eigenvalue weighted by atomic mass is 9.90. The van der Waals surface area contributed by atoms with E-state index in [1.807, 2.05) is 6.21 Å². The Morgan fingerprint density at radius 1 is 1.00 bits per heavy atom. The molecule has 0 saturated carbocycles. The van der Waals surface area contributed by atoms with Gasteiger partial charge in [0.2, 0.25) is 0 Å². The van der Waals surface area contributed by atoms with Crippen molar-refractivity contribution in [2.75, 3.05) is 6.54 Å². The Morgan fingerprint density at radius 2 is 1.75 bits per heavy atom. The molecular weight excluding hydrogens is 194 g/mol. The Bertz CT molecular complexity index is 478. The number of dihydropyridines is 1. The van der Waals surface area contributed by atoms with Crippen LogP contribution in [0.3, 0.4) is 0 Å². The van der Waals surface area contributed by atoms with Crippen molar-refractivity contribution in [1.29, 1.82) is 0 Å². The molecule has 2 rings (SSSR count). The molecular formula is C15H19N. The van der Waals surface area contributed by atoms with Gasteiger partial charge in [0.25, 0.3) is 0 Å². The molecule has 84 valence electrons. The van der Waals surface area contributed by atoms with Crippen LogP contribution in [0.25, 0.3) is 5.57 Å². The number of aryl methyl sites for hydroxylation is 1. The Morgan fingerprint density at radius 3 is 2.44 bits per heavy atom. The maximum atomic E-state index is 4.40. The fraction of sp³-hybridized carbons (Fsp3) is 0.400. The van der Waals surface area contributed by atoms with Crippen molar-refractivity contribution in [2.45, 2.75) is 34.1 Å². The van der Waals surface area contributed by atoms with E-state index >= 15 is 0 Å². The van der Waals surface area contributed by atoms with Gasteiger partial charge in [-0.3, -0.25) is 4.99 Å². The Balaban J connectivity index is 2.57. The van der Waals surface area contributed by atoms with Crippen molar-refractivity contribution in [3.63, 3.8) is 0 Å². The number of nitrogens with zero attached hydrogens (tertiary/aromatic N) is 1. The second-order valence-corrected chi connectivity index (χ2v) is 4.66. The summed E-state index contributed by atoms with van der Waals surface area (Å²) >= 11 is 0. The van der Waals surface area contributed by atoms with Crippen molar-refractivity contribution < 1.29 is 0 Å². The molecule has 1 heteroatoms. The molecule has 0 aromatic heterocycles. The summed E-state index contributed by atoms with van der Waals surface area (Å²) in [5.41, 5.74) is 8.30. The quantitative estimate of drug-likeness (QED) is 0.671. The maximum Gasteiger partial charge on any atom is 0.0426 e. The molecule has 0 aliphatic carbocycles. The Hall–Kier alpha value is -1.37. The van der Waals surface area contributed by atoms with Gasteiger partial charge in [0.1, 0.15) is 0 Å². The largest absolute Gasteiger partial charge is 0.292 e. The van der Waals surface area contributed by atoms with E-state index in [0.717, 1.165) is 13.0 Å². The van der Waals surface area contributed by atoms with Crippen LogP contribution in [0.4, 0.5) is 0 Å². The summed E-state index contributed by atoms with van der Waals surface area (Å²) in [7, 11) is 0. The van der Waals surface area contributed by atoms with E-state index in [1.54, 1.807) is 0 Å². The zero-order chi connectivity index (χ0) is 11.7. The summed E-state index contributed by atoms with van der Waals surface area (Å²) in [6.45, 7) is 9.74. The van der Waals surface area contributed by atoms with Crippen molar-refractivity contribution in [2.24, 2.45) is 4.99 Å². The normalized spacial score (nSPS) is 15.8. The molecule has 0 saturated heterocycles. The molecule has 1 aromatic rings. The van der Waals surface area contributed by atoms with E-state index in [9.17, 15) is 0 Å². The minimum absolute atomic E-state index is 0.944.